The van der Waals surface area contributed by atoms with Crippen molar-refractivity contribution in [1.82, 2.24) is 4.90 Å². The van der Waals surface area contributed by atoms with Gasteiger partial charge < -0.3 is 20.5 Å². The molecule has 1 aliphatic rings. The molecule has 1 heterocycles. The molecule has 18 heavy (non-hydrogen) atoms. The molecule has 0 saturated carbocycles. The Bertz CT molecular complexity index is 448. The summed E-state index contributed by atoms with van der Waals surface area (Å²) in [5, 5.41) is 9.61. The monoisotopic (exact) mass is 250 g/mol. The van der Waals surface area contributed by atoms with Crippen LogP contribution < -0.4 is 10.5 Å². The second-order valence-electron chi connectivity index (χ2n) is 4.51. The second kappa shape index (κ2) is 5.27. The summed E-state index contributed by atoms with van der Waals surface area (Å²) < 4.78 is 5.17. The van der Waals surface area contributed by atoms with Crippen LogP contribution in [0.2, 0.25) is 0 Å². The number of hydrogen-bond donors (Lipinski definition) is 2. The number of piperidine rings is 1. The second-order valence-corrected chi connectivity index (χ2v) is 4.51. The maximum Gasteiger partial charge on any atom is 0.257 e. The number of methoxy groups -OCH3 is 1. The number of nitrogens with two attached hydrogens (primary N) is 1. The molecular weight excluding hydrogens is 232 g/mol. The Morgan fingerprint density at radius 2 is 2.33 bits per heavy atom. The van der Waals surface area contributed by atoms with Gasteiger partial charge in [0.25, 0.3) is 5.91 Å². The third-order valence-corrected chi connectivity index (χ3v) is 3.14. The number of aliphatic hydroxyl groups excluding tert-OH is 1. The van der Waals surface area contributed by atoms with E-state index in [1.165, 1.54) is 7.11 Å². The van der Waals surface area contributed by atoms with Crippen molar-refractivity contribution in [2.24, 2.45) is 0 Å². The number of carbonyl (C=O) groups excluding carboxylic acids is 1. The maximum absolute atomic E-state index is 12.4. The minimum Gasteiger partial charge on any atom is -0.496 e. The number of nitrogens with zero attached hydrogens (tertiary/aromatic N) is 1. The van der Waals surface area contributed by atoms with Crippen molar-refractivity contribution in [2.75, 3.05) is 25.9 Å². The Labute approximate surface area is 106 Å². The molecule has 0 aliphatic carbocycles. The number of likely N-dealkylation sites (tertiary alicyclic amines) is 1. The summed E-state index contributed by atoms with van der Waals surface area (Å²) in [6, 6.07) is 4.99. The number of aliphatic hydroxyl groups is 1. The number of hydrogen-bond acceptors (Lipinski definition) is 4. The molecule has 1 fully saturated rings. The van der Waals surface area contributed by atoms with Crippen molar-refractivity contribution < 1.29 is 14.6 Å². The van der Waals surface area contributed by atoms with Crippen LogP contribution >= 0.6 is 0 Å². The summed E-state index contributed by atoms with van der Waals surface area (Å²) in [6.45, 7) is 1.03. The summed E-state index contributed by atoms with van der Waals surface area (Å²) in [4.78, 5) is 14.0. The Morgan fingerprint density at radius 3 is 3.00 bits per heavy atom. The molecule has 1 aromatic carbocycles. The zero-order valence-corrected chi connectivity index (χ0v) is 10.4. The third kappa shape index (κ3) is 2.56. The third-order valence-electron chi connectivity index (χ3n) is 3.14. The molecule has 0 bridgehead atoms. The fourth-order valence-corrected chi connectivity index (χ4v) is 2.20. The highest BCUT2D eigenvalue weighted by molar-refractivity contribution is 5.97. The molecule has 5 nitrogen and oxygen atoms in total. The fourth-order valence-electron chi connectivity index (χ4n) is 2.20. The van der Waals surface area contributed by atoms with Gasteiger partial charge in [-0.3, -0.25) is 4.79 Å². The normalized spacial score (nSPS) is 19.7. The molecule has 1 saturated heterocycles. The van der Waals surface area contributed by atoms with Gasteiger partial charge in [0, 0.05) is 18.8 Å². The smallest absolute Gasteiger partial charge is 0.257 e. The predicted molar refractivity (Wildman–Crippen MR) is 68.6 cm³/mol. The van der Waals surface area contributed by atoms with E-state index in [1.807, 2.05) is 0 Å². The first kappa shape index (κ1) is 12.7. The van der Waals surface area contributed by atoms with Crippen molar-refractivity contribution in [1.29, 1.82) is 0 Å². The minimum absolute atomic E-state index is 0.141. The summed E-state index contributed by atoms with van der Waals surface area (Å²) in [6.07, 6.45) is 1.13. The van der Waals surface area contributed by atoms with Crippen molar-refractivity contribution in [2.45, 2.75) is 18.9 Å². The molecule has 1 aromatic rings. The zero-order valence-electron chi connectivity index (χ0n) is 10.4. The Balaban J connectivity index is 2.24. The summed E-state index contributed by atoms with van der Waals surface area (Å²) in [5.41, 5.74) is 6.68. The van der Waals surface area contributed by atoms with Crippen LogP contribution in [0.5, 0.6) is 5.75 Å². The molecule has 0 aromatic heterocycles. The van der Waals surface area contributed by atoms with E-state index in [4.69, 9.17) is 10.5 Å². The molecule has 1 aliphatic heterocycles. The quantitative estimate of drug-likeness (QED) is 0.764. The highest BCUT2D eigenvalue weighted by Gasteiger charge is 2.25. The average molecular weight is 250 g/mol. The number of nitrogen functional groups attached to an aromatic ring is 1. The van der Waals surface area contributed by atoms with E-state index in [0.717, 1.165) is 12.8 Å². The number of β-amino-alcohol motifs (C(OH)–C–C–N with tert-alkyl or cyclic N) is 1. The number of ether oxygens (including phenoxy) is 1. The standard InChI is InChI=1S/C13H18N2O3/c1-18-12-5-4-9(14)7-11(12)13(17)15-6-2-3-10(16)8-15/h4-5,7,10,16H,2-3,6,8,14H2,1H3/t10-/m0/s1. The predicted octanol–water partition coefficient (Wildman–Crippen LogP) is 0.874. The minimum atomic E-state index is -0.435. The van der Waals surface area contributed by atoms with Crippen molar-refractivity contribution in [3.05, 3.63) is 23.8 Å². The van der Waals surface area contributed by atoms with Gasteiger partial charge in [0.15, 0.2) is 0 Å². The summed E-state index contributed by atoms with van der Waals surface area (Å²) in [7, 11) is 1.52. The molecule has 0 spiro atoms. The topological polar surface area (TPSA) is 75.8 Å². The van der Waals surface area contributed by atoms with E-state index in [1.54, 1.807) is 23.1 Å². The molecule has 98 valence electrons. The fraction of sp³-hybridized carbons (Fsp3) is 0.462. The van der Waals surface area contributed by atoms with E-state index in [2.05, 4.69) is 0 Å². The zero-order chi connectivity index (χ0) is 13.1. The van der Waals surface area contributed by atoms with Crippen LogP contribution in [0.1, 0.15) is 23.2 Å². The maximum atomic E-state index is 12.4. The van der Waals surface area contributed by atoms with Crippen LogP contribution in [0, 0.1) is 0 Å². The van der Waals surface area contributed by atoms with Crippen LogP contribution in [0.25, 0.3) is 0 Å². The number of rotatable bonds is 2. The molecule has 3 N–H and O–H groups in total. The number of carbonyl (C=O) groups is 1. The van der Waals surface area contributed by atoms with E-state index < -0.39 is 6.10 Å². The van der Waals surface area contributed by atoms with Gasteiger partial charge in [-0.15, -0.1) is 0 Å². The summed E-state index contributed by atoms with van der Waals surface area (Å²) in [5.74, 6) is 0.368. The number of anilines is 1. The van der Waals surface area contributed by atoms with Crippen LogP contribution in [-0.2, 0) is 0 Å². The first-order valence-electron chi connectivity index (χ1n) is 6.02. The van der Waals surface area contributed by atoms with E-state index in [-0.39, 0.29) is 5.91 Å². The van der Waals surface area contributed by atoms with Crippen LogP contribution in [0.15, 0.2) is 18.2 Å². The highest BCUT2D eigenvalue weighted by atomic mass is 16.5. The van der Waals surface area contributed by atoms with E-state index in [0.29, 0.717) is 30.1 Å². The first-order valence-corrected chi connectivity index (χ1v) is 6.02. The van der Waals surface area contributed by atoms with Gasteiger partial charge in [-0.1, -0.05) is 0 Å². The summed E-state index contributed by atoms with van der Waals surface area (Å²) >= 11 is 0. The lowest BCUT2D eigenvalue weighted by Crippen LogP contribution is -2.42. The number of amides is 1. The van der Waals surface area contributed by atoms with Crippen molar-refractivity contribution in [3.8, 4) is 5.75 Å². The lowest BCUT2D eigenvalue weighted by Gasteiger charge is -2.30. The molecule has 5 heteroatoms. The van der Waals surface area contributed by atoms with Crippen molar-refractivity contribution >= 4 is 11.6 Å². The van der Waals surface area contributed by atoms with Gasteiger partial charge in [0.1, 0.15) is 5.75 Å². The van der Waals surface area contributed by atoms with Crippen LogP contribution in [-0.4, -0.2) is 42.2 Å². The molecular formula is C13H18N2O3. The van der Waals surface area contributed by atoms with Gasteiger partial charge >= 0.3 is 0 Å². The molecule has 0 radical (unpaired) electrons. The SMILES string of the molecule is COc1ccc(N)cc1C(=O)N1CCC[C@H](O)C1. The molecule has 0 unspecified atom stereocenters. The average Bonchev–Trinajstić information content (AvgIpc) is 2.38. The number of benzene rings is 1. The largest absolute Gasteiger partial charge is 0.496 e. The van der Waals surface area contributed by atoms with E-state index >= 15 is 0 Å². The van der Waals surface area contributed by atoms with Gasteiger partial charge in [0.2, 0.25) is 0 Å². The van der Waals surface area contributed by atoms with Crippen molar-refractivity contribution in [3.63, 3.8) is 0 Å². The van der Waals surface area contributed by atoms with E-state index in [9.17, 15) is 9.90 Å². The molecule has 1 atom stereocenters. The van der Waals surface area contributed by atoms with Gasteiger partial charge in [-0.2, -0.15) is 0 Å². The van der Waals surface area contributed by atoms with Gasteiger partial charge in [0.05, 0.1) is 18.8 Å². The Hall–Kier alpha value is -1.75. The highest BCUT2D eigenvalue weighted by Crippen LogP contribution is 2.24. The molecule has 2 rings (SSSR count). The first-order chi connectivity index (χ1) is 8.61. The lowest BCUT2D eigenvalue weighted by molar-refractivity contribution is 0.0471. The molecule has 1 amide bonds. The van der Waals surface area contributed by atoms with Crippen LogP contribution in [0.4, 0.5) is 5.69 Å². The van der Waals surface area contributed by atoms with Crippen LogP contribution in [0.3, 0.4) is 0 Å². The van der Waals surface area contributed by atoms with Gasteiger partial charge in [-0.05, 0) is 31.0 Å². The Kier molecular flexibility index (Phi) is 3.72. The van der Waals surface area contributed by atoms with Gasteiger partial charge in [-0.25, -0.2) is 0 Å². The Morgan fingerprint density at radius 1 is 1.56 bits per heavy atom. The lowest BCUT2D eigenvalue weighted by atomic mass is 10.1.